The third-order valence-corrected chi connectivity index (χ3v) is 2.83. The van der Waals surface area contributed by atoms with Gasteiger partial charge in [0.1, 0.15) is 0 Å². The number of nitrogens with one attached hydrogen (secondary N) is 1. The Morgan fingerprint density at radius 3 is 2.38 bits per heavy atom. The van der Waals surface area contributed by atoms with Gasteiger partial charge in [-0.2, -0.15) is 0 Å². The second-order valence-corrected chi connectivity index (χ2v) is 4.75. The van der Waals surface area contributed by atoms with Crippen molar-refractivity contribution in [2.75, 3.05) is 18.5 Å². The highest BCUT2D eigenvalue weighted by Gasteiger charge is 2.14. The monoisotopic (exact) mass is 221 g/mol. The number of hydrogen-bond donors (Lipinski definition) is 1. The summed E-state index contributed by atoms with van der Waals surface area (Å²) in [7, 11) is 0. The molecule has 2 heteroatoms. The van der Waals surface area contributed by atoms with E-state index in [0.29, 0.717) is 0 Å². The van der Waals surface area contributed by atoms with Crippen molar-refractivity contribution >= 4 is 5.69 Å². The van der Waals surface area contributed by atoms with Crippen molar-refractivity contribution in [2.45, 2.75) is 39.7 Å². The van der Waals surface area contributed by atoms with Crippen molar-refractivity contribution in [1.29, 1.82) is 0 Å². The summed E-state index contributed by atoms with van der Waals surface area (Å²) < 4.78 is 5.76. The normalized spacial score (nSPS) is 11.5. The van der Waals surface area contributed by atoms with Gasteiger partial charge in [0.25, 0.3) is 0 Å². The highest BCUT2D eigenvalue weighted by molar-refractivity contribution is 5.44. The van der Waals surface area contributed by atoms with Crippen LogP contribution in [0.15, 0.2) is 24.3 Å². The molecule has 0 saturated carbocycles. The van der Waals surface area contributed by atoms with Crippen molar-refractivity contribution in [3.63, 3.8) is 0 Å². The lowest BCUT2D eigenvalue weighted by Gasteiger charge is -2.23. The van der Waals surface area contributed by atoms with Gasteiger partial charge in [-0.05, 0) is 39.3 Å². The first-order valence-corrected chi connectivity index (χ1v) is 5.98. The average Bonchev–Trinajstić information content (AvgIpc) is 2.27. The summed E-state index contributed by atoms with van der Waals surface area (Å²) in [6.45, 7) is 10.1. The molecule has 0 atom stereocenters. The Balaban J connectivity index is 2.23. The van der Waals surface area contributed by atoms with Gasteiger partial charge < -0.3 is 10.1 Å². The molecule has 0 aliphatic rings. The predicted octanol–water partition coefficient (Wildman–Crippen LogP) is 3.61. The van der Waals surface area contributed by atoms with Crippen LogP contribution in [0.2, 0.25) is 0 Å². The smallest absolute Gasteiger partial charge is 0.0646 e. The zero-order valence-corrected chi connectivity index (χ0v) is 10.8. The molecule has 0 amide bonds. The summed E-state index contributed by atoms with van der Waals surface area (Å²) in [5.74, 6) is 0. The van der Waals surface area contributed by atoms with E-state index in [2.05, 4.69) is 57.3 Å². The molecule has 1 aromatic carbocycles. The van der Waals surface area contributed by atoms with E-state index >= 15 is 0 Å². The standard InChI is InChI=1S/C14H23NO/c1-5-14(3,4)16-11-10-15-13-8-6-12(2)7-9-13/h6-9,15H,5,10-11H2,1-4H3. The van der Waals surface area contributed by atoms with E-state index in [4.69, 9.17) is 4.74 Å². The maximum Gasteiger partial charge on any atom is 0.0646 e. The van der Waals surface area contributed by atoms with E-state index < -0.39 is 0 Å². The van der Waals surface area contributed by atoms with Crippen LogP contribution in [-0.2, 0) is 4.74 Å². The molecular weight excluding hydrogens is 198 g/mol. The Hall–Kier alpha value is -1.02. The first-order valence-electron chi connectivity index (χ1n) is 5.98. The van der Waals surface area contributed by atoms with Crippen LogP contribution in [0.25, 0.3) is 0 Å². The fourth-order valence-corrected chi connectivity index (χ4v) is 1.30. The number of benzene rings is 1. The van der Waals surface area contributed by atoms with E-state index in [1.807, 2.05) is 0 Å². The summed E-state index contributed by atoms with van der Waals surface area (Å²) >= 11 is 0. The van der Waals surface area contributed by atoms with Crippen LogP contribution in [0.3, 0.4) is 0 Å². The van der Waals surface area contributed by atoms with Gasteiger partial charge in [0, 0.05) is 12.2 Å². The average molecular weight is 221 g/mol. The van der Waals surface area contributed by atoms with Crippen LogP contribution in [-0.4, -0.2) is 18.8 Å². The number of ether oxygens (including phenoxy) is 1. The Kier molecular flexibility index (Phi) is 4.81. The molecular formula is C14H23NO. The maximum atomic E-state index is 5.76. The molecule has 0 bridgehead atoms. The quantitative estimate of drug-likeness (QED) is 0.741. The largest absolute Gasteiger partial charge is 0.383 e. The Morgan fingerprint density at radius 2 is 1.81 bits per heavy atom. The molecule has 0 saturated heterocycles. The van der Waals surface area contributed by atoms with Crippen molar-refractivity contribution in [2.24, 2.45) is 0 Å². The molecule has 0 aliphatic heterocycles. The minimum atomic E-state index is -0.00500. The van der Waals surface area contributed by atoms with Gasteiger partial charge >= 0.3 is 0 Å². The molecule has 0 aliphatic carbocycles. The molecule has 0 spiro atoms. The molecule has 2 nitrogen and oxygen atoms in total. The summed E-state index contributed by atoms with van der Waals surface area (Å²) in [4.78, 5) is 0. The van der Waals surface area contributed by atoms with Crippen molar-refractivity contribution in [3.05, 3.63) is 29.8 Å². The van der Waals surface area contributed by atoms with Crippen molar-refractivity contribution in [1.82, 2.24) is 0 Å². The topological polar surface area (TPSA) is 21.3 Å². The maximum absolute atomic E-state index is 5.76. The SMILES string of the molecule is CCC(C)(C)OCCNc1ccc(C)cc1. The molecule has 0 radical (unpaired) electrons. The predicted molar refractivity (Wildman–Crippen MR) is 70.0 cm³/mol. The summed E-state index contributed by atoms with van der Waals surface area (Å²) in [6, 6.07) is 8.42. The summed E-state index contributed by atoms with van der Waals surface area (Å²) in [6.07, 6.45) is 1.04. The van der Waals surface area contributed by atoms with Crippen LogP contribution < -0.4 is 5.32 Å². The van der Waals surface area contributed by atoms with Crippen LogP contribution >= 0.6 is 0 Å². The van der Waals surface area contributed by atoms with Gasteiger partial charge in [0.05, 0.1) is 12.2 Å². The minimum absolute atomic E-state index is 0.00500. The van der Waals surface area contributed by atoms with Crippen molar-refractivity contribution < 1.29 is 4.74 Å². The second-order valence-electron chi connectivity index (χ2n) is 4.75. The molecule has 0 aromatic heterocycles. The van der Waals surface area contributed by atoms with Crippen LogP contribution in [0.1, 0.15) is 32.8 Å². The van der Waals surface area contributed by atoms with E-state index in [1.165, 1.54) is 5.56 Å². The second kappa shape index (κ2) is 5.90. The number of anilines is 1. The number of aryl methyl sites for hydroxylation is 1. The zero-order valence-electron chi connectivity index (χ0n) is 10.8. The molecule has 1 N–H and O–H groups in total. The zero-order chi connectivity index (χ0) is 12.0. The molecule has 0 unspecified atom stereocenters. The lowest BCUT2D eigenvalue weighted by molar-refractivity contribution is -0.0142. The third-order valence-electron chi connectivity index (χ3n) is 2.83. The third kappa shape index (κ3) is 4.67. The van der Waals surface area contributed by atoms with Gasteiger partial charge in [-0.3, -0.25) is 0 Å². The number of rotatable bonds is 6. The molecule has 90 valence electrons. The van der Waals surface area contributed by atoms with E-state index in [1.54, 1.807) is 0 Å². The summed E-state index contributed by atoms with van der Waals surface area (Å²) in [5.41, 5.74) is 2.44. The first kappa shape index (κ1) is 13.0. The van der Waals surface area contributed by atoms with E-state index in [-0.39, 0.29) is 5.60 Å². The van der Waals surface area contributed by atoms with Crippen LogP contribution in [0, 0.1) is 6.92 Å². The molecule has 16 heavy (non-hydrogen) atoms. The Labute approximate surface area is 99.0 Å². The molecule has 0 heterocycles. The van der Waals surface area contributed by atoms with Gasteiger partial charge in [0.15, 0.2) is 0 Å². The van der Waals surface area contributed by atoms with Crippen LogP contribution in [0.5, 0.6) is 0 Å². The van der Waals surface area contributed by atoms with E-state index in [0.717, 1.165) is 25.3 Å². The van der Waals surface area contributed by atoms with Gasteiger partial charge in [0.2, 0.25) is 0 Å². The fraction of sp³-hybridized carbons (Fsp3) is 0.571. The minimum Gasteiger partial charge on any atom is -0.383 e. The summed E-state index contributed by atoms with van der Waals surface area (Å²) in [5, 5.41) is 3.34. The molecule has 1 aromatic rings. The number of hydrogen-bond acceptors (Lipinski definition) is 2. The highest BCUT2D eigenvalue weighted by atomic mass is 16.5. The van der Waals surface area contributed by atoms with Crippen LogP contribution in [0.4, 0.5) is 5.69 Å². The molecule has 1 rings (SSSR count). The Bertz CT molecular complexity index is 303. The van der Waals surface area contributed by atoms with E-state index in [9.17, 15) is 0 Å². The van der Waals surface area contributed by atoms with Gasteiger partial charge in [-0.1, -0.05) is 24.6 Å². The fourth-order valence-electron chi connectivity index (χ4n) is 1.30. The lowest BCUT2D eigenvalue weighted by atomic mass is 10.1. The first-order chi connectivity index (χ1) is 7.53. The lowest BCUT2D eigenvalue weighted by Crippen LogP contribution is -2.26. The highest BCUT2D eigenvalue weighted by Crippen LogP contribution is 2.13. The van der Waals surface area contributed by atoms with Crippen molar-refractivity contribution in [3.8, 4) is 0 Å². The Morgan fingerprint density at radius 1 is 1.19 bits per heavy atom. The molecule has 0 fully saturated rings. The van der Waals surface area contributed by atoms with Gasteiger partial charge in [-0.25, -0.2) is 0 Å². The van der Waals surface area contributed by atoms with Gasteiger partial charge in [-0.15, -0.1) is 0 Å².